The molecule has 2 N–H and O–H groups in total. The van der Waals surface area contributed by atoms with Gasteiger partial charge in [-0.1, -0.05) is 6.07 Å². The maximum atomic E-state index is 12.2. The van der Waals surface area contributed by atoms with Gasteiger partial charge in [-0.05, 0) is 43.7 Å². The molecule has 2 heterocycles. The molecule has 0 fully saturated rings. The van der Waals surface area contributed by atoms with Crippen LogP contribution in [0.25, 0.3) is 0 Å². The summed E-state index contributed by atoms with van der Waals surface area (Å²) < 4.78 is 20.6. The lowest BCUT2D eigenvalue weighted by molar-refractivity contribution is -0.156. The molecule has 1 aromatic heterocycles. The molecule has 0 radical (unpaired) electrons. The van der Waals surface area contributed by atoms with Gasteiger partial charge in [-0.3, -0.25) is 9.59 Å². The highest BCUT2D eigenvalue weighted by Gasteiger charge is 2.24. The van der Waals surface area contributed by atoms with E-state index >= 15 is 0 Å². The van der Waals surface area contributed by atoms with Gasteiger partial charge >= 0.3 is 5.97 Å². The molecular weight excluding hydrogens is 368 g/mol. The number of ether oxygens (including phenoxy) is 3. The molecule has 0 saturated heterocycles. The number of benzene rings is 1. The lowest BCUT2D eigenvalue weighted by atomic mass is 10.2. The standard InChI is InChI=1S/C19H20N2O7/c1-11(21-18(23)15-4-3-7-25-15)19(24)28-12(2)17(22)20-9-13-5-6-14-16(8-13)27-10-26-14/h3-8,11-12H,9-10H2,1-2H3,(H,20,22)(H,21,23)/t11-,12+/m0/s1. The van der Waals surface area contributed by atoms with Crippen molar-refractivity contribution in [1.29, 1.82) is 0 Å². The van der Waals surface area contributed by atoms with Gasteiger partial charge in [0.05, 0.1) is 6.26 Å². The van der Waals surface area contributed by atoms with Gasteiger partial charge in [0.25, 0.3) is 11.8 Å². The summed E-state index contributed by atoms with van der Waals surface area (Å²) in [6, 6.07) is 7.42. The topological polar surface area (TPSA) is 116 Å². The lowest BCUT2D eigenvalue weighted by Gasteiger charge is -2.17. The predicted octanol–water partition coefficient (Wildman–Crippen LogP) is 1.37. The zero-order valence-corrected chi connectivity index (χ0v) is 15.4. The second-order valence-electron chi connectivity index (χ2n) is 6.16. The number of nitrogens with one attached hydrogen (secondary N) is 2. The first-order chi connectivity index (χ1) is 13.4. The van der Waals surface area contributed by atoms with Gasteiger partial charge in [0, 0.05) is 6.54 Å². The van der Waals surface area contributed by atoms with Crippen LogP contribution in [0, 0.1) is 0 Å². The lowest BCUT2D eigenvalue weighted by Crippen LogP contribution is -2.43. The molecule has 2 atom stereocenters. The Kier molecular flexibility index (Phi) is 5.83. The molecule has 2 aromatic rings. The Balaban J connectivity index is 1.45. The molecule has 28 heavy (non-hydrogen) atoms. The Morgan fingerprint density at radius 2 is 1.93 bits per heavy atom. The molecule has 9 heteroatoms. The van der Waals surface area contributed by atoms with Crippen molar-refractivity contribution in [3.63, 3.8) is 0 Å². The minimum atomic E-state index is -1.02. The SMILES string of the molecule is C[C@H](NC(=O)c1ccco1)C(=O)O[C@H](C)C(=O)NCc1ccc2c(c1)OCO2. The van der Waals surface area contributed by atoms with E-state index in [0.29, 0.717) is 11.5 Å². The molecule has 1 aromatic carbocycles. The highest BCUT2D eigenvalue weighted by molar-refractivity contribution is 5.94. The number of carbonyl (C=O) groups excluding carboxylic acids is 3. The van der Waals surface area contributed by atoms with Crippen molar-refractivity contribution >= 4 is 17.8 Å². The summed E-state index contributed by atoms with van der Waals surface area (Å²) in [5.41, 5.74) is 0.815. The summed E-state index contributed by atoms with van der Waals surface area (Å²) in [6.07, 6.45) is 0.328. The first-order valence-electron chi connectivity index (χ1n) is 8.65. The molecule has 3 rings (SSSR count). The van der Waals surface area contributed by atoms with Crippen LogP contribution in [-0.4, -0.2) is 36.7 Å². The maximum Gasteiger partial charge on any atom is 0.329 e. The fraction of sp³-hybridized carbons (Fsp3) is 0.316. The third-order valence-electron chi connectivity index (χ3n) is 4.01. The molecule has 0 aliphatic carbocycles. The van der Waals surface area contributed by atoms with Crippen LogP contribution in [0.3, 0.4) is 0 Å². The second kappa shape index (κ2) is 8.47. The number of furan rings is 1. The highest BCUT2D eigenvalue weighted by Crippen LogP contribution is 2.32. The van der Waals surface area contributed by atoms with Gasteiger partial charge in [0.1, 0.15) is 6.04 Å². The average molecular weight is 388 g/mol. The van der Waals surface area contributed by atoms with Crippen molar-refractivity contribution in [3.05, 3.63) is 47.9 Å². The summed E-state index contributed by atoms with van der Waals surface area (Å²) in [5, 5.41) is 5.13. The number of carbonyl (C=O) groups is 3. The summed E-state index contributed by atoms with van der Waals surface area (Å²) in [5.74, 6) is -0.389. The molecule has 1 aliphatic rings. The Hall–Kier alpha value is -3.49. The van der Waals surface area contributed by atoms with Gasteiger partial charge in [0.2, 0.25) is 6.79 Å². The van der Waals surface area contributed by atoms with Crippen LogP contribution in [0.4, 0.5) is 0 Å². The average Bonchev–Trinajstić information content (AvgIpc) is 3.36. The Morgan fingerprint density at radius 3 is 2.68 bits per heavy atom. The van der Waals surface area contributed by atoms with E-state index in [1.165, 1.54) is 26.2 Å². The zero-order valence-electron chi connectivity index (χ0n) is 15.4. The van der Waals surface area contributed by atoms with E-state index in [9.17, 15) is 14.4 Å². The number of amides is 2. The van der Waals surface area contributed by atoms with Crippen molar-refractivity contribution < 1.29 is 33.0 Å². The molecular formula is C19H20N2O7. The van der Waals surface area contributed by atoms with E-state index < -0.39 is 29.9 Å². The molecule has 148 valence electrons. The van der Waals surface area contributed by atoms with Crippen LogP contribution in [0.1, 0.15) is 30.0 Å². The number of hydrogen-bond donors (Lipinski definition) is 2. The van der Waals surface area contributed by atoms with Gasteiger partial charge in [-0.2, -0.15) is 0 Å². The van der Waals surface area contributed by atoms with Crippen LogP contribution < -0.4 is 20.1 Å². The number of hydrogen-bond acceptors (Lipinski definition) is 7. The van der Waals surface area contributed by atoms with Gasteiger partial charge in [-0.15, -0.1) is 0 Å². The fourth-order valence-electron chi connectivity index (χ4n) is 2.45. The van der Waals surface area contributed by atoms with Gasteiger partial charge in [0.15, 0.2) is 23.4 Å². The van der Waals surface area contributed by atoms with Crippen LogP contribution in [-0.2, 0) is 20.9 Å². The third-order valence-corrected chi connectivity index (χ3v) is 4.01. The quantitative estimate of drug-likeness (QED) is 0.688. The van der Waals surface area contributed by atoms with Crippen molar-refractivity contribution in [2.75, 3.05) is 6.79 Å². The van der Waals surface area contributed by atoms with E-state index in [-0.39, 0.29) is 19.1 Å². The molecule has 0 saturated carbocycles. The van der Waals surface area contributed by atoms with E-state index in [4.69, 9.17) is 18.6 Å². The molecule has 2 amide bonds. The zero-order chi connectivity index (χ0) is 20.1. The van der Waals surface area contributed by atoms with Crippen molar-refractivity contribution in [2.24, 2.45) is 0 Å². The van der Waals surface area contributed by atoms with Crippen molar-refractivity contribution in [3.8, 4) is 11.5 Å². The Bertz CT molecular complexity index is 863. The van der Waals surface area contributed by atoms with E-state index in [0.717, 1.165) is 5.56 Å². The monoisotopic (exact) mass is 388 g/mol. The molecule has 0 unspecified atom stereocenters. The minimum Gasteiger partial charge on any atom is -0.459 e. The van der Waals surface area contributed by atoms with E-state index in [1.807, 2.05) is 0 Å². The van der Waals surface area contributed by atoms with Crippen LogP contribution in [0.15, 0.2) is 41.0 Å². The molecule has 0 spiro atoms. The van der Waals surface area contributed by atoms with Crippen molar-refractivity contribution in [1.82, 2.24) is 10.6 Å². The highest BCUT2D eigenvalue weighted by atomic mass is 16.7. The van der Waals surface area contributed by atoms with Crippen molar-refractivity contribution in [2.45, 2.75) is 32.5 Å². The summed E-state index contributed by atoms with van der Waals surface area (Å²) in [4.78, 5) is 36.1. The normalized spacial score (nSPS) is 14.1. The number of rotatable bonds is 7. The molecule has 9 nitrogen and oxygen atoms in total. The number of esters is 1. The Labute approximate surface area is 160 Å². The van der Waals surface area contributed by atoms with Crippen LogP contribution in [0.5, 0.6) is 11.5 Å². The minimum absolute atomic E-state index is 0.0779. The summed E-state index contributed by atoms with van der Waals surface area (Å²) >= 11 is 0. The van der Waals surface area contributed by atoms with E-state index in [2.05, 4.69) is 10.6 Å². The summed E-state index contributed by atoms with van der Waals surface area (Å²) in [6.45, 7) is 3.32. The smallest absolute Gasteiger partial charge is 0.329 e. The Morgan fingerprint density at radius 1 is 1.14 bits per heavy atom. The first kappa shape index (κ1) is 19.3. The number of fused-ring (bicyclic) bond motifs is 1. The largest absolute Gasteiger partial charge is 0.459 e. The second-order valence-corrected chi connectivity index (χ2v) is 6.16. The first-order valence-corrected chi connectivity index (χ1v) is 8.65. The maximum absolute atomic E-state index is 12.2. The van der Waals surface area contributed by atoms with E-state index in [1.54, 1.807) is 24.3 Å². The van der Waals surface area contributed by atoms with Gasteiger partial charge in [-0.25, -0.2) is 4.79 Å². The van der Waals surface area contributed by atoms with Crippen LogP contribution >= 0.6 is 0 Å². The molecule has 0 bridgehead atoms. The van der Waals surface area contributed by atoms with Gasteiger partial charge < -0.3 is 29.3 Å². The summed E-state index contributed by atoms with van der Waals surface area (Å²) in [7, 11) is 0. The molecule has 1 aliphatic heterocycles. The fourth-order valence-corrected chi connectivity index (χ4v) is 2.45. The third kappa shape index (κ3) is 4.61. The van der Waals surface area contributed by atoms with Crippen LogP contribution in [0.2, 0.25) is 0 Å². The predicted molar refractivity (Wildman–Crippen MR) is 95.6 cm³/mol.